The molecule has 0 bridgehead atoms. The number of carbonyl (C=O) groups excluding carboxylic acids is 1. The lowest BCUT2D eigenvalue weighted by atomic mass is 9.55. The molecule has 1 saturated carbocycles. The Morgan fingerprint density at radius 1 is 1.22 bits per heavy atom. The molecule has 0 aromatic heterocycles. The van der Waals surface area contributed by atoms with Gasteiger partial charge in [-0.3, -0.25) is 9.79 Å². The highest BCUT2D eigenvalue weighted by Gasteiger charge is 2.58. The Balaban J connectivity index is 1.61. The van der Waals surface area contributed by atoms with Crippen molar-refractivity contribution in [1.29, 1.82) is 0 Å². The fourth-order valence-corrected chi connectivity index (χ4v) is 4.48. The van der Waals surface area contributed by atoms with Gasteiger partial charge in [-0.15, -0.1) is 0 Å². The summed E-state index contributed by atoms with van der Waals surface area (Å²) in [6.07, 6.45) is 2.77. The van der Waals surface area contributed by atoms with Gasteiger partial charge in [0.25, 0.3) is 0 Å². The molecule has 3 aliphatic rings. The van der Waals surface area contributed by atoms with Gasteiger partial charge in [0.1, 0.15) is 0 Å². The van der Waals surface area contributed by atoms with Crippen LogP contribution in [0.1, 0.15) is 33.6 Å². The van der Waals surface area contributed by atoms with Crippen LogP contribution < -0.4 is 5.32 Å². The predicted octanol–water partition coefficient (Wildman–Crippen LogP) is 0.929. The third kappa shape index (κ3) is 2.93. The Morgan fingerprint density at radius 2 is 1.87 bits per heavy atom. The SMILES string of the molecule is CN=C(NC1C2CCCOC2C1(C)C)N1CCN(C(C)=O)CC1. The number of ether oxygens (including phenoxy) is 1. The summed E-state index contributed by atoms with van der Waals surface area (Å²) in [6.45, 7) is 10.4. The maximum absolute atomic E-state index is 11.5. The second kappa shape index (κ2) is 6.30. The first kappa shape index (κ1) is 16.6. The zero-order valence-electron chi connectivity index (χ0n) is 14.8. The van der Waals surface area contributed by atoms with E-state index in [1.165, 1.54) is 6.42 Å². The molecule has 2 heterocycles. The topological polar surface area (TPSA) is 57.2 Å². The number of fused-ring (bicyclic) bond motifs is 1. The number of rotatable bonds is 1. The number of amides is 1. The zero-order chi connectivity index (χ0) is 16.6. The summed E-state index contributed by atoms with van der Waals surface area (Å²) in [6, 6.07) is 0.414. The van der Waals surface area contributed by atoms with E-state index in [-0.39, 0.29) is 11.3 Å². The van der Waals surface area contributed by atoms with Crippen LogP contribution in [0.25, 0.3) is 0 Å². The van der Waals surface area contributed by atoms with E-state index in [0.717, 1.165) is 45.2 Å². The first-order valence-electron chi connectivity index (χ1n) is 8.80. The summed E-state index contributed by atoms with van der Waals surface area (Å²) in [5, 5.41) is 3.70. The van der Waals surface area contributed by atoms with Gasteiger partial charge < -0.3 is 19.9 Å². The van der Waals surface area contributed by atoms with Crippen molar-refractivity contribution in [3.05, 3.63) is 0 Å². The molecular formula is C17H30N4O2. The van der Waals surface area contributed by atoms with Gasteiger partial charge >= 0.3 is 0 Å². The van der Waals surface area contributed by atoms with Crippen LogP contribution in [0, 0.1) is 11.3 Å². The van der Waals surface area contributed by atoms with Crippen molar-refractivity contribution in [3.8, 4) is 0 Å². The van der Waals surface area contributed by atoms with Gasteiger partial charge in [0.15, 0.2) is 5.96 Å². The minimum absolute atomic E-state index is 0.141. The van der Waals surface area contributed by atoms with Gasteiger partial charge in [-0.05, 0) is 12.8 Å². The molecule has 0 radical (unpaired) electrons. The van der Waals surface area contributed by atoms with Crippen molar-refractivity contribution in [2.45, 2.75) is 45.8 Å². The van der Waals surface area contributed by atoms with Crippen LogP contribution in [-0.2, 0) is 9.53 Å². The fourth-order valence-electron chi connectivity index (χ4n) is 4.48. The molecule has 2 saturated heterocycles. The van der Waals surface area contributed by atoms with Crippen molar-refractivity contribution in [3.63, 3.8) is 0 Å². The Kier molecular flexibility index (Phi) is 4.54. The average Bonchev–Trinajstić information content (AvgIpc) is 2.55. The quantitative estimate of drug-likeness (QED) is 0.576. The molecule has 6 nitrogen and oxygen atoms in total. The van der Waals surface area contributed by atoms with Crippen LogP contribution in [0.3, 0.4) is 0 Å². The normalized spacial score (nSPS) is 33.7. The number of nitrogens with one attached hydrogen (secondary N) is 1. The molecule has 1 amide bonds. The summed E-state index contributed by atoms with van der Waals surface area (Å²) >= 11 is 0. The second-order valence-corrected chi connectivity index (χ2v) is 7.58. The van der Waals surface area contributed by atoms with Crippen LogP contribution in [-0.4, -0.2) is 73.6 Å². The van der Waals surface area contributed by atoms with Crippen LogP contribution in [0.15, 0.2) is 4.99 Å². The highest BCUT2D eigenvalue weighted by molar-refractivity contribution is 5.81. The van der Waals surface area contributed by atoms with E-state index in [1.807, 2.05) is 11.9 Å². The molecule has 3 rings (SSSR count). The lowest BCUT2D eigenvalue weighted by Crippen LogP contribution is -2.71. The summed E-state index contributed by atoms with van der Waals surface area (Å²) in [7, 11) is 1.85. The first-order chi connectivity index (χ1) is 10.9. The predicted molar refractivity (Wildman–Crippen MR) is 90.4 cm³/mol. The second-order valence-electron chi connectivity index (χ2n) is 7.58. The van der Waals surface area contributed by atoms with Crippen molar-refractivity contribution in [2.75, 3.05) is 39.8 Å². The highest BCUT2D eigenvalue weighted by Crippen LogP contribution is 2.51. The molecule has 23 heavy (non-hydrogen) atoms. The average molecular weight is 322 g/mol. The number of nitrogens with zero attached hydrogens (tertiary/aromatic N) is 3. The summed E-state index contributed by atoms with van der Waals surface area (Å²) in [5.74, 6) is 1.72. The van der Waals surface area contributed by atoms with E-state index in [1.54, 1.807) is 6.92 Å². The van der Waals surface area contributed by atoms with Gasteiger partial charge in [0.05, 0.1) is 6.10 Å². The van der Waals surface area contributed by atoms with Crippen molar-refractivity contribution >= 4 is 11.9 Å². The zero-order valence-corrected chi connectivity index (χ0v) is 14.8. The van der Waals surface area contributed by atoms with Crippen molar-refractivity contribution < 1.29 is 9.53 Å². The Bertz CT molecular complexity index is 483. The van der Waals surface area contributed by atoms with Crippen molar-refractivity contribution in [1.82, 2.24) is 15.1 Å². The standard InChI is InChI=1S/C17H30N4O2/c1-12(22)20-7-9-21(10-8-20)16(18-4)19-14-13-6-5-11-23-15(13)17(14,2)3/h13-15H,5-11H2,1-4H3,(H,18,19). The molecule has 1 N–H and O–H groups in total. The van der Waals surface area contributed by atoms with E-state index in [9.17, 15) is 4.79 Å². The molecule has 3 fully saturated rings. The maximum Gasteiger partial charge on any atom is 0.219 e. The fraction of sp³-hybridized carbons (Fsp3) is 0.882. The third-order valence-corrected chi connectivity index (χ3v) is 5.85. The molecule has 0 spiro atoms. The number of piperazine rings is 1. The van der Waals surface area contributed by atoms with E-state index in [0.29, 0.717) is 18.1 Å². The van der Waals surface area contributed by atoms with Gasteiger partial charge in [-0.2, -0.15) is 0 Å². The molecule has 6 heteroatoms. The van der Waals surface area contributed by atoms with Gasteiger partial charge in [0.2, 0.25) is 5.91 Å². The van der Waals surface area contributed by atoms with Crippen LogP contribution in [0.4, 0.5) is 0 Å². The Hall–Kier alpha value is -1.30. The van der Waals surface area contributed by atoms with Crippen molar-refractivity contribution in [2.24, 2.45) is 16.3 Å². The number of hydrogen-bond donors (Lipinski definition) is 1. The summed E-state index contributed by atoms with van der Waals surface area (Å²) in [5.41, 5.74) is 0.141. The maximum atomic E-state index is 11.5. The molecule has 2 aliphatic heterocycles. The minimum atomic E-state index is 0.141. The smallest absolute Gasteiger partial charge is 0.219 e. The van der Waals surface area contributed by atoms with E-state index >= 15 is 0 Å². The summed E-state index contributed by atoms with van der Waals surface area (Å²) < 4.78 is 5.99. The molecule has 0 aromatic carbocycles. The largest absolute Gasteiger partial charge is 0.377 e. The number of hydrogen-bond acceptors (Lipinski definition) is 3. The van der Waals surface area contributed by atoms with Crippen LogP contribution in [0.2, 0.25) is 0 Å². The van der Waals surface area contributed by atoms with Gasteiger partial charge in [0, 0.05) is 64.1 Å². The molecule has 1 aliphatic carbocycles. The first-order valence-corrected chi connectivity index (χ1v) is 8.80. The molecule has 3 atom stereocenters. The number of carbonyl (C=O) groups is 1. The van der Waals surface area contributed by atoms with E-state index < -0.39 is 0 Å². The Morgan fingerprint density at radius 3 is 2.48 bits per heavy atom. The molecule has 3 unspecified atom stereocenters. The number of aliphatic imine (C=N–C) groups is 1. The Labute approximate surface area is 139 Å². The minimum Gasteiger partial charge on any atom is -0.377 e. The lowest BCUT2D eigenvalue weighted by Gasteiger charge is -2.60. The van der Waals surface area contributed by atoms with Gasteiger partial charge in [-0.25, -0.2) is 0 Å². The van der Waals surface area contributed by atoms with E-state index in [2.05, 4.69) is 29.1 Å². The van der Waals surface area contributed by atoms with Crippen LogP contribution in [0.5, 0.6) is 0 Å². The monoisotopic (exact) mass is 322 g/mol. The van der Waals surface area contributed by atoms with E-state index in [4.69, 9.17) is 4.74 Å². The van der Waals surface area contributed by atoms with Gasteiger partial charge in [-0.1, -0.05) is 13.8 Å². The summed E-state index contributed by atoms with van der Waals surface area (Å²) in [4.78, 5) is 20.1. The highest BCUT2D eigenvalue weighted by atomic mass is 16.5. The third-order valence-electron chi connectivity index (χ3n) is 5.85. The number of guanidine groups is 1. The lowest BCUT2D eigenvalue weighted by molar-refractivity contribution is -0.188. The molecular weight excluding hydrogens is 292 g/mol. The molecule has 0 aromatic rings. The van der Waals surface area contributed by atoms with Crippen LogP contribution >= 0.6 is 0 Å². The molecule has 130 valence electrons.